The molecule has 6 heteroatoms. The summed E-state index contributed by atoms with van der Waals surface area (Å²) in [4.78, 5) is 30.0. The molecular weight excluding hydrogens is 366 g/mol. The first-order valence-corrected chi connectivity index (χ1v) is 10.5. The minimum Gasteiger partial charge on any atom is -0.464 e. The summed E-state index contributed by atoms with van der Waals surface area (Å²) in [6.45, 7) is 10.1. The number of carbonyl (C=O) groups is 2. The monoisotopic (exact) mass is 398 g/mol. The Morgan fingerprint density at radius 3 is 2.69 bits per heavy atom. The van der Waals surface area contributed by atoms with Gasteiger partial charge in [-0.15, -0.1) is 0 Å². The molecule has 2 aliphatic rings. The topological polar surface area (TPSA) is 75.6 Å². The van der Waals surface area contributed by atoms with Crippen LogP contribution in [0.1, 0.15) is 57.4 Å². The van der Waals surface area contributed by atoms with Crippen molar-refractivity contribution in [2.75, 3.05) is 19.0 Å². The van der Waals surface area contributed by atoms with E-state index in [1.807, 2.05) is 31.2 Å². The Kier molecular flexibility index (Phi) is 4.73. The molecule has 2 aromatic rings. The molecule has 1 aliphatic heterocycles. The number of hydrogen-bond donors (Lipinski definition) is 3. The van der Waals surface area contributed by atoms with Crippen LogP contribution in [-0.4, -0.2) is 42.6 Å². The third-order valence-corrected chi connectivity index (χ3v) is 6.89. The zero-order valence-electron chi connectivity index (χ0n) is 18.0. The number of hydrogen-bond acceptors (Lipinski definition) is 3. The van der Waals surface area contributed by atoms with Crippen LogP contribution >= 0.6 is 0 Å². The SMILES string of the molecule is COC(=O)c1[nH]c2ccccc2c1NC(=O)[C@@H](C)[NH+]1C[C@@]2(C)C[C@@H]1CC(C)(C)C2. The molecule has 2 heterocycles. The van der Waals surface area contributed by atoms with Gasteiger partial charge in [-0.1, -0.05) is 39.0 Å². The Labute approximate surface area is 172 Å². The molecule has 1 amide bonds. The standard InChI is InChI=1S/C23H31N3O3/c1-14(26-13-23(4)11-15(26)10-22(2,3)12-23)20(27)25-18-16-8-6-7-9-17(16)24-19(18)21(28)29-5/h6-9,14-15,24H,10-13H2,1-5H3,(H,25,27)/p+1/t14-,15+,23+/m1/s1. The van der Waals surface area contributed by atoms with Gasteiger partial charge in [-0.25, -0.2) is 4.79 Å². The molecule has 1 saturated carbocycles. The lowest BCUT2D eigenvalue weighted by Crippen LogP contribution is -3.18. The van der Waals surface area contributed by atoms with Crippen LogP contribution in [0.15, 0.2) is 24.3 Å². The van der Waals surface area contributed by atoms with E-state index in [1.54, 1.807) is 0 Å². The average Bonchev–Trinajstić information content (AvgIpc) is 3.14. The Morgan fingerprint density at radius 1 is 1.24 bits per heavy atom. The summed E-state index contributed by atoms with van der Waals surface area (Å²) in [5.41, 5.74) is 2.23. The number of rotatable bonds is 4. The molecule has 4 atom stereocenters. The van der Waals surface area contributed by atoms with E-state index in [2.05, 4.69) is 31.1 Å². The van der Waals surface area contributed by atoms with Gasteiger partial charge in [-0.3, -0.25) is 4.79 Å². The Hall–Kier alpha value is -2.34. The minimum absolute atomic E-state index is 0.0520. The highest BCUT2D eigenvalue weighted by atomic mass is 16.5. The first-order chi connectivity index (χ1) is 13.6. The van der Waals surface area contributed by atoms with Gasteiger partial charge in [0, 0.05) is 29.2 Å². The van der Waals surface area contributed by atoms with Gasteiger partial charge >= 0.3 is 5.97 Å². The maximum absolute atomic E-state index is 13.3. The normalized spacial score (nSPS) is 28.9. The third-order valence-electron chi connectivity index (χ3n) is 6.89. The van der Waals surface area contributed by atoms with Gasteiger partial charge in [0.2, 0.25) is 0 Å². The van der Waals surface area contributed by atoms with Crippen molar-refractivity contribution in [3.8, 4) is 0 Å². The molecule has 0 spiro atoms. The number of esters is 1. The average molecular weight is 399 g/mol. The minimum atomic E-state index is -0.484. The summed E-state index contributed by atoms with van der Waals surface area (Å²) < 4.78 is 4.91. The van der Waals surface area contributed by atoms with Crippen molar-refractivity contribution in [1.29, 1.82) is 0 Å². The van der Waals surface area contributed by atoms with E-state index in [0.717, 1.165) is 23.9 Å². The van der Waals surface area contributed by atoms with Gasteiger partial charge in [0.25, 0.3) is 5.91 Å². The van der Waals surface area contributed by atoms with E-state index in [4.69, 9.17) is 4.74 Å². The van der Waals surface area contributed by atoms with Gasteiger partial charge < -0.3 is 19.9 Å². The van der Waals surface area contributed by atoms with Crippen molar-refractivity contribution < 1.29 is 19.2 Å². The van der Waals surface area contributed by atoms with Gasteiger partial charge in [-0.2, -0.15) is 0 Å². The highest BCUT2D eigenvalue weighted by Crippen LogP contribution is 2.47. The maximum atomic E-state index is 13.3. The predicted molar refractivity (Wildman–Crippen MR) is 113 cm³/mol. The van der Waals surface area contributed by atoms with Crippen LogP contribution in [0.4, 0.5) is 5.69 Å². The van der Waals surface area contributed by atoms with Crippen LogP contribution in [0, 0.1) is 10.8 Å². The Bertz CT molecular complexity index is 963. The summed E-state index contributed by atoms with van der Waals surface area (Å²) in [5.74, 6) is -0.536. The molecule has 156 valence electrons. The number of amides is 1. The lowest BCUT2D eigenvalue weighted by atomic mass is 9.65. The van der Waals surface area contributed by atoms with Crippen molar-refractivity contribution in [3.63, 3.8) is 0 Å². The third kappa shape index (κ3) is 3.54. The highest BCUT2D eigenvalue weighted by molar-refractivity contribution is 6.11. The summed E-state index contributed by atoms with van der Waals surface area (Å²) in [6, 6.07) is 7.90. The molecule has 29 heavy (non-hydrogen) atoms. The molecule has 1 unspecified atom stereocenters. The smallest absolute Gasteiger partial charge is 0.356 e. The van der Waals surface area contributed by atoms with Crippen LogP contribution < -0.4 is 10.2 Å². The second-order valence-electron chi connectivity index (χ2n) is 10.1. The van der Waals surface area contributed by atoms with E-state index in [1.165, 1.54) is 24.9 Å². The quantitative estimate of drug-likeness (QED) is 0.693. The number of aromatic nitrogens is 1. The second-order valence-corrected chi connectivity index (χ2v) is 10.1. The second kappa shape index (κ2) is 6.87. The molecule has 4 rings (SSSR count). The van der Waals surface area contributed by atoms with E-state index in [9.17, 15) is 9.59 Å². The molecule has 1 aromatic carbocycles. The fourth-order valence-electron chi connectivity index (χ4n) is 6.10. The lowest BCUT2D eigenvalue weighted by Gasteiger charge is -2.37. The fourth-order valence-corrected chi connectivity index (χ4v) is 6.10. The predicted octanol–water partition coefficient (Wildman–Crippen LogP) is 2.77. The number of methoxy groups -OCH3 is 1. The van der Waals surface area contributed by atoms with E-state index in [0.29, 0.717) is 22.6 Å². The van der Waals surface area contributed by atoms with Crippen molar-refractivity contribution >= 4 is 28.5 Å². The molecular formula is C23H32N3O3+. The van der Waals surface area contributed by atoms with Gasteiger partial charge in [0.1, 0.15) is 5.69 Å². The number of aromatic amines is 1. The molecule has 1 aliphatic carbocycles. The largest absolute Gasteiger partial charge is 0.464 e. The number of benzene rings is 1. The summed E-state index contributed by atoms with van der Waals surface area (Å²) in [6.07, 6.45) is 3.54. The van der Waals surface area contributed by atoms with Gasteiger partial charge in [-0.05, 0) is 24.8 Å². The first kappa shape index (κ1) is 20.0. The lowest BCUT2D eigenvalue weighted by molar-refractivity contribution is -0.928. The number of H-pyrrole nitrogens is 1. The fraction of sp³-hybridized carbons (Fsp3) is 0.565. The number of ether oxygens (including phenoxy) is 1. The number of anilines is 1. The molecule has 1 aromatic heterocycles. The molecule has 1 saturated heterocycles. The van der Waals surface area contributed by atoms with E-state index in [-0.39, 0.29) is 17.6 Å². The highest BCUT2D eigenvalue weighted by Gasteiger charge is 2.54. The van der Waals surface area contributed by atoms with Crippen molar-refractivity contribution in [1.82, 2.24) is 4.98 Å². The molecule has 6 nitrogen and oxygen atoms in total. The van der Waals surface area contributed by atoms with Crippen molar-refractivity contribution in [2.45, 2.75) is 59.0 Å². The van der Waals surface area contributed by atoms with E-state index >= 15 is 0 Å². The van der Waals surface area contributed by atoms with Crippen LogP contribution in [0.5, 0.6) is 0 Å². The zero-order valence-corrected chi connectivity index (χ0v) is 18.0. The van der Waals surface area contributed by atoms with Crippen molar-refractivity contribution in [3.05, 3.63) is 30.0 Å². The Morgan fingerprint density at radius 2 is 1.97 bits per heavy atom. The number of para-hydroxylation sites is 1. The number of carbonyl (C=O) groups excluding carboxylic acids is 2. The zero-order chi connectivity index (χ0) is 21.0. The van der Waals surface area contributed by atoms with Gasteiger partial charge in [0.05, 0.1) is 25.4 Å². The first-order valence-electron chi connectivity index (χ1n) is 10.5. The molecule has 2 fully saturated rings. The molecule has 3 N–H and O–H groups in total. The number of likely N-dealkylation sites (tertiary alicyclic amines) is 1. The van der Waals surface area contributed by atoms with Crippen LogP contribution in [0.25, 0.3) is 10.9 Å². The summed E-state index contributed by atoms with van der Waals surface area (Å²) in [5, 5.41) is 3.86. The van der Waals surface area contributed by atoms with E-state index < -0.39 is 5.97 Å². The molecule has 0 radical (unpaired) electrons. The summed E-state index contributed by atoms with van der Waals surface area (Å²) >= 11 is 0. The Balaban J connectivity index is 1.60. The van der Waals surface area contributed by atoms with Gasteiger partial charge in [0.15, 0.2) is 6.04 Å². The van der Waals surface area contributed by atoms with Crippen LogP contribution in [0.3, 0.4) is 0 Å². The maximum Gasteiger partial charge on any atom is 0.356 e. The van der Waals surface area contributed by atoms with Crippen molar-refractivity contribution in [2.24, 2.45) is 10.8 Å². The summed E-state index contributed by atoms with van der Waals surface area (Å²) in [7, 11) is 1.35. The number of fused-ring (bicyclic) bond motifs is 3. The number of nitrogens with one attached hydrogen (secondary N) is 3. The number of quaternary nitrogens is 1. The van der Waals surface area contributed by atoms with Crippen LogP contribution in [-0.2, 0) is 9.53 Å². The molecule has 2 bridgehead atoms. The van der Waals surface area contributed by atoms with Crippen LogP contribution in [0.2, 0.25) is 0 Å².